The Morgan fingerprint density at radius 2 is 1.78 bits per heavy atom. The highest BCUT2D eigenvalue weighted by atomic mass is 35.5. The first-order chi connectivity index (χ1) is 21.1. The van der Waals surface area contributed by atoms with Gasteiger partial charge in [0, 0.05) is 18.2 Å². The highest BCUT2D eigenvalue weighted by molar-refractivity contribution is 6.31. The molecule has 246 valence electrons. The average molecular weight is 658 g/mol. The summed E-state index contributed by atoms with van der Waals surface area (Å²) < 4.78 is 73.6. The number of benzene rings is 2. The number of primary amides is 1. The number of nitrogens with zero attached hydrogens (tertiary/aromatic N) is 1. The average Bonchev–Trinajstić information content (AvgIpc) is 3.21. The highest BCUT2D eigenvalue weighted by Crippen LogP contribution is 2.39. The van der Waals surface area contributed by atoms with Crippen LogP contribution in [0.2, 0.25) is 5.02 Å². The lowest BCUT2D eigenvalue weighted by atomic mass is 9.93. The van der Waals surface area contributed by atoms with E-state index >= 15 is 0 Å². The summed E-state index contributed by atoms with van der Waals surface area (Å²) in [6.45, 7) is 5.66. The maximum atomic E-state index is 14.6. The number of allylic oxidation sites excluding steroid dienone is 2. The van der Waals surface area contributed by atoms with Crippen LogP contribution in [0.25, 0.3) is 0 Å². The minimum absolute atomic E-state index is 0.0102. The number of hydrogen-bond donors (Lipinski definition) is 3. The van der Waals surface area contributed by atoms with Gasteiger partial charge in [-0.3, -0.25) is 14.6 Å². The zero-order valence-corrected chi connectivity index (χ0v) is 26.3. The molecule has 1 heterocycles. The summed E-state index contributed by atoms with van der Waals surface area (Å²) in [5.74, 6) is -2.74. The molecule has 2 aromatic carbocycles. The second-order valence-electron chi connectivity index (χ2n) is 9.79. The SMILES string of the molecule is CC.COc1cc(C(=O)NCC(O)(C2=CC(C(C)C)=CC(OC)C(c3ccc(F)c(Cl)c3)=N2)C(F)(F)F)ccc1OCC(N)=O. The van der Waals surface area contributed by atoms with Crippen LogP contribution in [0, 0.1) is 11.7 Å². The van der Waals surface area contributed by atoms with E-state index < -0.39 is 54.4 Å². The van der Waals surface area contributed by atoms with E-state index in [1.807, 2.05) is 13.8 Å². The maximum Gasteiger partial charge on any atom is 0.424 e. The Morgan fingerprint density at radius 3 is 2.31 bits per heavy atom. The van der Waals surface area contributed by atoms with Gasteiger partial charge in [-0.1, -0.05) is 45.4 Å². The van der Waals surface area contributed by atoms with Crippen molar-refractivity contribution < 1.29 is 46.5 Å². The van der Waals surface area contributed by atoms with Crippen LogP contribution >= 0.6 is 11.6 Å². The quantitative estimate of drug-likeness (QED) is 0.278. The minimum atomic E-state index is -5.32. The molecule has 2 unspecified atom stereocenters. The van der Waals surface area contributed by atoms with Gasteiger partial charge in [-0.25, -0.2) is 4.39 Å². The molecule has 0 spiro atoms. The van der Waals surface area contributed by atoms with Gasteiger partial charge in [0.1, 0.15) is 11.9 Å². The molecule has 4 N–H and O–H groups in total. The molecule has 0 fully saturated rings. The summed E-state index contributed by atoms with van der Waals surface area (Å²) in [4.78, 5) is 28.1. The summed E-state index contributed by atoms with van der Waals surface area (Å²) in [7, 11) is 2.57. The number of alkyl halides is 3. The van der Waals surface area contributed by atoms with Crippen LogP contribution in [0.1, 0.15) is 43.6 Å². The molecule has 0 saturated heterocycles. The van der Waals surface area contributed by atoms with Gasteiger partial charge in [0.05, 0.1) is 30.1 Å². The van der Waals surface area contributed by atoms with Gasteiger partial charge in [-0.2, -0.15) is 13.2 Å². The molecule has 45 heavy (non-hydrogen) atoms. The first-order valence-electron chi connectivity index (χ1n) is 13.8. The van der Waals surface area contributed by atoms with Crippen molar-refractivity contribution in [2.24, 2.45) is 16.6 Å². The highest BCUT2D eigenvalue weighted by Gasteiger charge is 2.57. The molecule has 1 aliphatic rings. The Kier molecular flexibility index (Phi) is 13.1. The third-order valence-electron chi connectivity index (χ3n) is 6.49. The van der Waals surface area contributed by atoms with Crippen molar-refractivity contribution in [3.63, 3.8) is 0 Å². The first kappa shape index (κ1) is 37.2. The van der Waals surface area contributed by atoms with Crippen molar-refractivity contribution >= 4 is 29.1 Å². The van der Waals surface area contributed by atoms with Crippen LogP contribution in [0.3, 0.4) is 0 Å². The molecule has 2 amide bonds. The van der Waals surface area contributed by atoms with E-state index in [9.17, 15) is 32.3 Å². The second kappa shape index (κ2) is 15.9. The third-order valence-corrected chi connectivity index (χ3v) is 6.78. The van der Waals surface area contributed by atoms with E-state index in [0.29, 0.717) is 5.57 Å². The molecule has 0 aromatic heterocycles. The normalized spacial score (nSPS) is 16.2. The maximum absolute atomic E-state index is 14.6. The van der Waals surface area contributed by atoms with Gasteiger partial charge >= 0.3 is 6.18 Å². The van der Waals surface area contributed by atoms with Crippen LogP contribution in [0.15, 0.2) is 64.8 Å². The van der Waals surface area contributed by atoms with Crippen LogP contribution in [-0.2, 0) is 9.53 Å². The number of hydrogen-bond acceptors (Lipinski definition) is 7. The van der Waals surface area contributed by atoms with Gasteiger partial charge in [-0.05, 0) is 54.0 Å². The Bertz CT molecular complexity index is 1480. The van der Waals surface area contributed by atoms with Gasteiger partial charge < -0.3 is 30.4 Å². The standard InChI is InChI=1S/C29H30ClF4N3O6.C2H6/c1-15(2)18-11-23(42-4)26(16-5-7-20(31)19(30)9-16)37-24(12-18)28(40,29(32,33)34)14-36-27(39)17-6-8-21(22(10-17)41-3)43-13-25(35)38;1-2/h5-12,15,23,40H,13-14H2,1-4H3,(H2,35,38)(H,36,39);1-2H3. The van der Waals surface area contributed by atoms with Gasteiger partial charge in [0.15, 0.2) is 18.1 Å². The number of nitrogens with two attached hydrogens (primary N) is 1. The van der Waals surface area contributed by atoms with Crippen molar-refractivity contribution in [1.82, 2.24) is 5.32 Å². The molecule has 3 rings (SSSR count). The predicted molar refractivity (Wildman–Crippen MR) is 162 cm³/mol. The van der Waals surface area contributed by atoms with Crippen LogP contribution in [-0.4, -0.2) is 67.9 Å². The number of methoxy groups -OCH3 is 2. The second-order valence-corrected chi connectivity index (χ2v) is 10.2. The summed E-state index contributed by atoms with van der Waals surface area (Å²) >= 11 is 5.93. The van der Waals surface area contributed by atoms with Gasteiger partial charge in [0.2, 0.25) is 5.60 Å². The summed E-state index contributed by atoms with van der Waals surface area (Å²) in [5, 5.41) is 13.0. The molecule has 9 nitrogen and oxygen atoms in total. The molecule has 2 atom stereocenters. The fraction of sp³-hybridized carbons (Fsp3) is 0.387. The van der Waals surface area contributed by atoms with Crippen LogP contribution in [0.4, 0.5) is 17.6 Å². The Morgan fingerprint density at radius 1 is 1.11 bits per heavy atom. The number of rotatable bonds is 11. The molecular formula is C31H36ClF4N3O6. The fourth-order valence-corrected chi connectivity index (χ4v) is 4.22. The third kappa shape index (κ3) is 9.05. The number of nitrogens with one attached hydrogen (secondary N) is 1. The van der Waals surface area contributed by atoms with Crippen molar-refractivity contribution in [2.75, 3.05) is 27.4 Å². The number of halogens is 5. The Balaban J connectivity index is 0.00000345. The first-order valence-corrected chi connectivity index (χ1v) is 14.2. The summed E-state index contributed by atoms with van der Waals surface area (Å²) in [6.07, 6.45) is -3.68. The van der Waals surface area contributed by atoms with Crippen molar-refractivity contribution in [3.8, 4) is 11.5 Å². The van der Waals surface area contributed by atoms with Crippen LogP contribution in [0.5, 0.6) is 11.5 Å². The van der Waals surface area contributed by atoms with E-state index in [4.69, 9.17) is 31.5 Å². The van der Waals surface area contributed by atoms with Crippen molar-refractivity contribution in [3.05, 3.63) is 81.8 Å². The monoisotopic (exact) mass is 657 g/mol. The number of ether oxygens (including phenoxy) is 3. The molecular weight excluding hydrogens is 622 g/mol. The lowest BCUT2D eigenvalue weighted by molar-refractivity contribution is -0.241. The number of carbonyl (C=O) groups is 2. The fourth-order valence-electron chi connectivity index (χ4n) is 4.04. The number of amides is 2. The number of carbonyl (C=O) groups excluding carboxylic acids is 2. The lowest BCUT2D eigenvalue weighted by Gasteiger charge is -2.31. The largest absolute Gasteiger partial charge is 0.493 e. The molecule has 0 aliphatic carbocycles. The van der Waals surface area contributed by atoms with Gasteiger partial charge in [0.25, 0.3) is 11.8 Å². The zero-order valence-electron chi connectivity index (χ0n) is 25.6. The molecule has 14 heteroatoms. The predicted octanol–water partition coefficient (Wildman–Crippen LogP) is 5.39. The van der Waals surface area contributed by atoms with E-state index in [0.717, 1.165) is 12.1 Å². The van der Waals surface area contributed by atoms with E-state index in [2.05, 4.69) is 10.3 Å². The Hall–Kier alpha value is -3.94. The van der Waals surface area contributed by atoms with Gasteiger partial charge in [-0.15, -0.1) is 0 Å². The molecule has 0 bridgehead atoms. The number of aliphatic hydroxyl groups is 1. The molecule has 0 radical (unpaired) electrons. The van der Waals surface area contributed by atoms with E-state index in [1.54, 1.807) is 13.8 Å². The van der Waals surface area contributed by atoms with Crippen molar-refractivity contribution in [1.29, 1.82) is 0 Å². The summed E-state index contributed by atoms with van der Waals surface area (Å²) in [5.41, 5.74) is 0.869. The van der Waals surface area contributed by atoms with Crippen molar-refractivity contribution in [2.45, 2.75) is 45.6 Å². The van der Waals surface area contributed by atoms with Crippen LogP contribution < -0.4 is 20.5 Å². The Labute approximate surface area is 263 Å². The lowest BCUT2D eigenvalue weighted by Crippen LogP contribution is -2.54. The number of aliphatic imine (C=N–C) groups is 1. The summed E-state index contributed by atoms with van der Waals surface area (Å²) in [6, 6.07) is 7.17. The van der Waals surface area contributed by atoms with E-state index in [1.165, 1.54) is 50.6 Å². The minimum Gasteiger partial charge on any atom is -0.493 e. The molecule has 2 aromatic rings. The van der Waals surface area contributed by atoms with E-state index in [-0.39, 0.29) is 39.3 Å². The molecule has 1 aliphatic heterocycles. The molecule has 0 saturated carbocycles. The topological polar surface area (TPSA) is 132 Å². The smallest absolute Gasteiger partial charge is 0.424 e. The zero-order chi connectivity index (χ0) is 34.1.